The Morgan fingerprint density at radius 3 is 2.94 bits per heavy atom. The van der Waals surface area contributed by atoms with Crippen LogP contribution in [0.1, 0.15) is 19.8 Å². The Kier molecular flexibility index (Phi) is 4.51. The van der Waals surface area contributed by atoms with Crippen molar-refractivity contribution in [2.45, 2.75) is 26.1 Å². The number of nitrogens with zero attached hydrogens (tertiary/aromatic N) is 1. The van der Waals surface area contributed by atoms with E-state index in [1.165, 1.54) is 18.3 Å². The van der Waals surface area contributed by atoms with Crippen molar-refractivity contribution in [1.29, 1.82) is 0 Å². The molecule has 16 heavy (non-hydrogen) atoms. The minimum absolute atomic E-state index is 0.0614. The molecule has 2 N–H and O–H groups in total. The molecule has 0 aliphatic carbocycles. The van der Waals surface area contributed by atoms with Gasteiger partial charge in [0.15, 0.2) is 0 Å². The second-order valence-corrected chi connectivity index (χ2v) is 3.26. The number of hydrogen-bond acceptors (Lipinski definition) is 4. The number of carbonyl (C=O) groups excluding carboxylic acids is 1. The molecule has 0 spiro atoms. The van der Waals surface area contributed by atoms with E-state index in [4.69, 9.17) is 10.0 Å². The average molecular weight is 229 g/mol. The molecule has 0 saturated heterocycles. The number of ether oxygens (including phenoxy) is 1. The zero-order valence-electron chi connectivity index (χ0n) is 8.84. The highest BCUT2D eigenvalue weighted by Gasteiger charge is 2.21. The van der Waals surface area contributed by atoms with Gasteiger partial charge in [-0.1, -0.05) is 6.92 Å². The predicted octanol–water partition coefficient (Wildman–Crippen LogP) is 0.248. The summed E-state index contributed by atoms with van der Waals surface area (Å²) in [7, 11) is -1.80. The van der Waals surface area contributed by atoms with Crippen LogP contribution >= 0.6 is 0 Å². The number of carbonyl (C=O) groups is 1. The van der Waals surface area contributed by atoms with Gasteiger partial charge in [0.25, 0.3) is 0 Å². The maximum absolute atomic E-state index is 13.0. The lowest BCUT2D eigenvalue weighted by atomic mass is 9.86. The zero-order valence-corrected chi connectivity index (χ0v) is 8.84. The van der Waals surface area contributed by atoms with Gasteiger partial charge in [0.1, 0.15) is 0 Å². The second kappa shape index (κ2) is 5.67. The Labute approximate surface area is 92.6 Å². The largest absolute Gasteiger partial charge is 0.506 e. The first kappa shape index (κ1) is 12.7. The summed E-state index contributed by atoms with van der Waals surface area (Å²) >= 11 is 0. The van der Waals surface area contributed by atoms with E-state index in [0.29, 0.717) is 6.42 Å². The van der Waals surface area contributed by atoms with Crippen molar-refractivity contribution in [2.75, 3.05) is 0 Å². The summed E-state index contributed by atoms with van der Waals surface area (Å²) < 4.78 is 18.3. The first-order valence-corrected chi connectivity index (χ1v) is 4.94. The third-order valence-electron chi connectivity index (χ3n) is 1.99. The van der Waals surface area contributed by atoms with Crippen molar-refractivity contribution in [1.82, 2.24) is 4.57 Å². The van der Waals surface area contributed by atoms with E-state index < -0.39 is 19.6 Å². The molecule has 0 fully saturated rings. The van der Waals surface area contributed by atoms with Crippen LogP contribution in [0.3, 0.4) is 0 Å². The van der Waals surface area contributed by atoms with Crippen LogP contribution < -0.4 is 5.59 Å². The fourth-order valence-electron chi connectivity index (χ4n) is 1.22. The van der Waals surface area contributed by atoms with Gasteiger partial charge in [0, 0.05) is 12.6 Å². The molecule has 0 amide bonds. The molecule has 1 aromatic rings. The van der Waals surface area contributed by atoms with Gasteiger partial charge < -0.3 is 14.8 Å². The smallest absolute Gasteiger partial charge is 0.422 e. The molecule has 88 valence electrons. The predicted molar refractivity (Wildman–Crippen MR) is 55.9 cm³/mol. The first-order valence-electron chi connectivity index (χ1n) is 4.94. The second-order valence-electron chi connectivity index (χ2n) is 3.26. The van der Waals surface area contributed by atoms with Crippen LogP contribution in [0.5, 0.6) is 0 Å². The van der Waals surface area contributed by atoms with Crippen molar-refractivity contribution >= 4 is 18.8 Å². The minimum atomic E-state index is -1.80. The molecule has 5 nitrogen and oxygen atoms in total. The van der Waals surface area contributed by atoms with Crippen LogP contribution in [-0.4, -0.2) is 34.2 Å². The number of aromatic nitrogens is 1. The van der Waals surface area contributed by atoms with Gasteiger partial charge in [-0.2, -0.15) is 0 Å². The van der Waals surface area contributed by atoms with Crippen LogP contribution in [0.25, 0.3) is 0 Å². The molecule has 0 aliphatic heterocycles. The normalized spacial score (nSPS) is 12.2. The molecule has 1 aromatic heterocycles. The van der Waals surface area contributed by atoms with Crippen molar-refractivity contribution in [3.63, 3.8) is 0 Å². The summed E-state index contributed by atoms with van der Waals surface area (Å²) in [6, 6.07) is 2.77. The van der Waals surface area contributed by atoms with Crippen molar-refractivity contribution < 1.29 is 24.0 Å². The Bertz CT molecular complexity index is 355. The van der Waals surface area contributed by atoms with Crippen molar-refractivity contribution in [3.8, 4) is 0 Å². The van der Waals surface area contributed by atoms with E-state index in [2.05, 4.69) is 4.74 Å². The highest BCUT2D eigenvalue weighted by molar-refractivity contribution is 6.58. The Balaban J connectivity index is 2.69. The molecule has 1 heterocycles. The maximum atomic E-state index is 13.0. The third kappa shape index (κ3) is 3.08. The summed E-state index contributed by atoms with van der Waals surface area (Å²) in [6.45, 7) is 1.76. The topological polar surface area (TPSA) is 71.7 Å². The third-order valence-corrected chi connectivity index (χ3v) is 1.99. The lowest BCUT2D eigenvalue weighted by Gasteiger charge is -2.11. The van der Waals surface area contributed by atoms with Crippen molar-refractivity contribution in [2.24, 2.45) is 0 Å². The van der Waals surface area contributed by atoms with Gasteiger partial charge in [-0.25, -0.2) is 9.18 Å². The minimum Gasteiger partial charge on any atom is -0.422 e. The van der Waals surface area contributed by atoms with Crippen LogP contribution in [-0.2, 0) is 4.74 Å². The quantitative estimate of drug-likeness (QED) is 0.726. The fourth-order valence-corrected chi connectivity index (χ4v) is 1.22. The SMILES string of the molecule is CCCC(F)OC(=O)n1cccc1B(O)O. The lowest BCUT2D eigenvalue weighted by molar-refractivity contribution is 0.00915. The van der Waals surface area contributed by atoms with Gasteiger partial charge in [0.05, 0.1) is 5.59 Å². The summed E-state index contributed by atoms with van der Waals surface area (Å²) in [4.78, 5) is 11.4. The molecule has 7 heteroatoms. The van der Waals surface area contributed by atoms with E-state index >= 15 is 0 Å². The Morgan fingerprint density at radius 2 is 2.38 bits per heavy atom. The first-order chi connectivity index (χ1) is 7.56. The summed E-state index contributed by atoms with van der Waals surface area (Å²) in [5, 5.41) is 17.8. The van der Waals surface area contributed by atoms with Gasteiger partial charge in [-0.3, -0.25) is 4.57 Å². The zero-order chi connectivity index (χ0) is 12.1. The van der Waals surface area contributed by atoms with E-state index in [1.807, 2.05) is 0 Å². The maximum Gasteiger partial charge on any atom is 0.506 e. The van der Waals surface area contributed by atoms with Crippen LogP contribution in [0.4, 0.5) is 9.18 Å². The monoisotopic (exact) mass is 229 g/mol. The van der Waals surface area contributed by atoms with E-state index in [1.54, 1.807) is 6.92 Å². The fraction of sp³-hybridized carbons (Fsp3) is 0.444. The van der Waals surface area contributed by atoms with E-state index in [-0.39, 0.29) is 12.0 Å². The number of alkyl halides is 1. The number of halogens is 1. The molecular weight excluding hydrogens is 216 g/mol. The number of hydrogen-bond donors (Lipinski definition) is 2. The van der Waals surface area contributed by atoms with Crippen molar-refractivity contribution in [3.05, 3.63) is 18.3 Å². The van der Waals surface area contributed by atoms with E-state index in [0.717, 1.165) is 4.57 Å². The Hall–Kier alpha value is -1.34. The van der Waals surface area contributed by atoms with Gasteiger partial charge >= 0.3 is 13.2 Å². The Morgan fingerprint density at radius 1 is 1.69 bits per heavy atom. The standard InChI is InChI=1S/C9H13BFNO4/c1-2-4-8(11)16-9(13)12-6-3-5-7(12)10(14)15/h3,5-6,8,14-15H,2,4H2,1H3. The van der Waals surface area contributed by atoms with Gasteiger partial charge in [0.2, 0.25) is 6.36 Å². The van der Waals surface area contributed by atoms with E-state index in [9.17, 15) is 9.18 Å². The highest BCUT2D eigenvalue weighted by Crippen LogP contribution is 2.05. The summed E-state index contributed by atoms with van der Waals surface area (Å²) in [5.41, 5.74) is -0.0614. The summed E-state index contributed by atoms with van der Waals surface area (Å²) in [5.74, 6) is 0. The highest BCUT2D eigenvalue weighted by atomic mass is 19.1. The molecule has 0 aromatic carbocycles. The molecule has 1 rings (SSSR count). The number of rotatable bonds is 4. The molecule has 0 bridgehead atoms. The lowest BCUT2D eigenvalue weighted by Crippen LogP contribution is -2.39. The molecular formula is C9H13BFNO4. The molecule has 0 radical (unpaired) electrons. The molecule has 0 saturated carbocycles. The molecule has 1 unspecified atom stereocenters. The van der Waals surface area contributed by atoms with Crippen LogP contribution in [0, 0.1) is 0 Å². The van der Waals surface area contributed by atoms with Crippen LogP contribution in [0.2, 0.25) is 0 Å². The van der Waals surface area contributed by atoms with Gasteiger partial charge in [-0.05, 0) is 18.6 Å². The summed E-state index contributed by atoms with van der Waals surface area (Å²) in [6.07, 6.45) is -0.701. The molecule has 0 aliphatic rings. The average Bonchev–Trinajstić information content (AvgIpc) is 2.65. The molecule has 1 atom stereocenters. The van der Waals surface area contributed by atoms with Crippen LogP contribution in [0.15, 0.2) is 18.3 Å². The van der Waals surface area contributed by atoms with Gasteiger partial charge in [-0.15, -0.1) is 0 Å².